The maximum absolute atomic E-state index is 12.9. The molecule has 1 aliphatic carbocycles. The molecule has 2 aliphatic rings. The van der Waals surface area contributed by atoms with E-state index in [1.54, 1.807) is 12.1 Å². The van der Waals surface area contributed by atoms with E-state index < -0.39 is 0 Å². The number of carbonyl (C=O) groups is 1. The Morgan fingerprint density at radius 1 is 1.41 bits per heavy atom. The van der Waals surface area contributed by atoms with Crippen LogP contribution in [0.5, 0.6) is 0 Å². The van der Waals surface area contributed by atoms with Crippen molar-refractivity contribution in [3.05, 3.63) is 34.3 Å². The van der Waals surface area contributed by atoms with Gasteiger partial charge in [-0.1, -0.05) is 18.0 Å². The third-order valence-electron chi connectivity index (χ3n) is 4.86. The van der Waals surface area contributed by atoms with Crippen molar-refractivity contribution in [3.63, 3.8) is 0 Å². The van der Waals surface area contributed by atoms with Gasteiger partial charge in [-0.3, -0.25) is 4.79 Å². The maximum Gasteiger partial charge on any atom is 0.254 e. The fraction of sp³-hybridized carbons (Fsp3) is 0.588. The Labute approximate surface area is 136 Å². The number of morpholine rings is 1. The van der Waals surface area contributed by atoms with Crippen LogP contribution in [0.25, 0.3) is 0 Å². The SMILES string of the molecule is Cc1cc(C(=O)N2CCOC[C@@H]2[C@H]2CCC[C@H]2O)ccc1Cl. The molecule has 3 rings (SSSR count). The number of aliphatic hydroxyl groups excluding tert-OH is 1. The predicted molar refractivity (Wildman–Crippen MR) is 85.2 cm³/mol. The van der Waals surface area contributed by atoms with Crippen LogP contribution in [0.3, 0.4) is 0 Å². The first-order chi connectivity index (χ1) is 10.6. The topological polar surface area (TPSA) is 49.8 Å². The Hall–Kier alpha value is -1.10. The van der Waals surface area contributed by atoms with E-state index in [2.05, 4.69) is 0 Å². The largest absolute Gasteiger partial charge is 0.393 e. The number of amides is 1. The second-order valence-corrected chi connectivity index (χ2v) is 6.67. The lowest BCUT2D eigenvalue weighted by molar-refractivity contribution is -0.0383. The van der Waals surface area contributed by atoms with Gasteiger partial charge >= 0.3 is 0 Å². The van der Waals surface area contributed by atoms with Crippen LogP contribution in [0, 0.1) is 12.8 Å². The van der Waals surface area contributed by atoms with Gasteiger partial charge in [-0.25, -0.2) is 0 Å². The van der Waals surface area contributed by atoms with Gasteiger partial charge in [-0.15, -0.1) is 0 Å². The molecule has 0 spiro atoms. The number of benzene rings is 1. The lowest BCUT2D eigenvalue weighted by Gasteiger charge is -2.40. The van der Waals surface area contributed by atoms with E-state index in [9.17, 15) is 9.90 Å². The molecule has 5 heteroatoms. The van der Waals surface area contributed by atoms with Crippen molar-refractivity contribution in [2.24, 2.45) is 5.92 Å². The molecule has 120 valence electrons. The van der Waals surface area contributed by atoms with E-state index in [1.165, 1.54) is 0 Å². The number of carbonyl (C=O) groups excluding carboxylic acids is 1. The average molecular weight is 324 g/mol. The highest BCUT2D eigenvalue weighted by atomic mass is 35.5. The molecule has 0 bridgehead atoms. The van der Waals surface area contributed by atoms with E-state index in [0.717, 1.165) is 24.8 Å². The summed E-state index contributed by atoms with van der Waals surface area (Å²) < 4.78 is 5.58. The highest BCUT2D eigenvalue weighted by Crippen LogP contribution is 2.33. The van der Waals surface area contributed by atoms with Gasteiger partial charge in [0.05, 0.1) is 25.4 Å². The number of hydrogen-bond acceptors (Lipinski definition) is 3. The van der Waals surface area contributed by atoms with Crippen molar-refractivity contribution in [2.45, 2.75) is 38.3 Å². The fourth-order valence-corrected chi connectivity index (χ4v) is 3.71. The first-order valence-electron chi connectivity index (χ1n) is 7.91. The van der Waals surface area contributed by atoms with E-state index in [1.807, 2.05) is 17.9 Å². The third kappa shape index (κ3) is 3.00. The standard InChI is InChI=1S/C17H22ClNO3/c1-11-9-12(5-6-14(11)18)17(21)19-7-8-22-10-15(19)13-3-2-4-16(13)20/h5-6,9,13,15-16,20H,2-4,7-8,10H2,1H3/t13-,15-,16-/m1/s1. The van der Waals surface area contributed by atoms with Gasteiger partial charge in [0.2, 0.25) is 0 Å². The summed E-state index contributed by atoms with van der Waals surface area (Å²) in [5, 5.41) is 10.8. The second-order valence-electron chi connectivity index (χ2n) is 6.27. The van der Waals surface area contributed by atoms with Crippen LogP contribution >= 0.6 is 11.6 Å². The number of hydrogen-bond donors (Lipinski definition) is 1. The summed E-state index contributed by atoms with van der Waals surface area (Å²) in [5.41, 5.74) is 1.56. The van der Waals surface area contributed by atoms with Crippen LogP contribution in [0.15, 0.2) is 18.2 Å². The maximum atomic E-state index is 12.9. The molecule has 1 aromatic rings. The molecule has 4 nitrogen and oxygen atoms in total. The summed E-state index contributed by atoms with van der Waals surface area (Å²) in [6, 6.07) is 5.34. The van der Waals surface area contributed by atoms with Crippen LogP contribution < -0.4 is 0 Å². The molecule has 0 aromatic heterocycles. The molecular weight excluding hydrogens is 302 g/mol. The van der Waals surface area contributed by atoms with E-state index in [0.29, 0.717) is 30.3 Å². The molecule has 1 aliphatic heterocycles. The zero-order chi connectivity index (χ0) is 15.7. The lowest BCUT2D eigenvalue weighted by Crippen LogP contribution is -2.53. The highest BCUT2D eigenvalue weighted by Gasteiger charge is 2.39. The average Bonchev–Trinajstić information content (AvgIpc) is 2.95. The normalized spacial score (nSPS) is 28.9. The van der Waals surface area contributed by atoms with Crippen molar-refractivity contribution >= 4 is 17.5 Å². The van der Waals surface area contributed by atoms with Crippen LogP contribution in [-0.2, 0) is 4.74 Å². The summed E-state index contributed by atoms with van der Waals surface area (Å²) in [4.78, 5) is 14.8. The Balaban J connectivity index is 1.83. The Morgan fingerprint density at radius 3 is 2.91 bits per heavy atom. The van der Waals surface area contributed by atoms with Crippen molar-refractivity contribution in [3.8, 4) is 0 Å². The van der Waals surface area contributed by atoms with Gasteiger partial charge in [-0.2, -0.15) is 0 Å². The van der Waals surface area contributed by atoms with Gasteiger partial charge in [-0.05, 0) is 43.5 Å². The number of ether oxygens (including phenoxy) is 1. The molecule has 1 saturated carbocycles. The van der Waals surface area contributed by atoms with Crippen LogP contribution in [0.4, 0.5) is 0 Å². The second kappa shape index (κ2) is 6.57. The van der Waals surface area contributed by atoms with Gasteiger partial charge < -0.3 is 14.7 Å². The van der Waals surface area contributed by atoms with Gasteiger partial charge in [0.15, 0.2) is 0 Å². The minimum absolute atomic E-state index is 0.00664. The molecule has 0 radical (unpaired) electrons. The van der Waals surface area contributed by atoms with E-state index in [4.69, 9.17) is 16.3 Å². The molecule has 2 fully saturated rings. The third-order valence-corrected chi connectivity index (χ3v) is 5.28. The van der Waals surface area contributed by atoms with Gasteiger partial charge in [0.25, 0.3) is 5.91 Å². The Bertz CT molecular complexity index is 563. The molecule has 1 N–H and O–H groups in total. The predicted octanol–water partition coefficient (Wildman–Crippen LogP) is 2.65. The highest BCUT2D eigenvalue weighted by molar-refractivity contribution is 6.31. The van der Waals surface area contributed by atoms with E-state index >= 15 is 0 Å². The molecule has 1 amide bonds. The number of nitrogens with zero attached hydrogens (tertiary/aromatic N) is 1. The summed E-state index contributed by atoms with van der Waals surface area (Å²) >= 11 is 6.04. The summed E-state index contributed by atoms with van der Waals surface area (Å²) in [6.07, 6.45) is 2.47. The van der Waals surface area contributed by atoms with Crippen molar-refractivity contribution in [1.82, 2.24) is 4.90 Å². The monoisotopic (exact) mass is 323 g/mol. The zero-order valence-electron chi connectivity index (χ0n) is 12.8. The minimum Gasteiger partial charge on any atom is -0.393 e. The molecule has 1 saturated heterocycles. The Kier molecular flexibility index (Phi) is 4.71. The molecule has 22 heavy (non-hydrogen) atoms. The summed E-state index contributed by atoms with van der Waals surface area (Å²) in [6.45, 7) is 3.54. The lowest BCUT2D eigenvalue weighted by atomic mass is 9.93. The zero-order valence-corrected chi connectivity index (χ0v) is 13.6. The van der Waals surface area contributed by atoms with Crippen molar-refractivity contribution in [2.75, 3.05) is 19.8 Å². The summed E-state index contributed by atoms with van der Waals surface area (Å²) in [5.74, 6) is 0.129. The van der Waals surface area contributed by atoms with Crippen molar-refractivity contribution in [1.29, 1.82) is 0 Å². The quantitative estimate of drug-likeness (QED) is 0.910. The number of aliphatic hydroxyl groups is 1. The number of halogens is 1. The van der Waals surface area contributed by atoms with Crippen LogP contribution in [0.2, 0.25) is 5.02 Å². The molecule has 0 unspecified atom stereocenters. The van der Waals surface area contributed by atoms with Gasteiger partial charge in [0.1, 0.15) is 0 Å². The molecule has 1 aromatic carbocycles. The first kappa shape index (κ1) is 15.8. The Morgan fingerprint density at radius 2 is 2.23 bits per heavy atom. The smallest absolute Gasteiger partial charge is 0.254 e. The molecule has 1 heterocycles. The van der Waals surface area contributed by atoms with E-state index in [-0.39, 0.29) is 24.0 Å². The van der Waals surface area contributed by atoms with Crippen LogP contribution in [-0.4, -0.2) is 47.8 Å². The molecular formula is C17H22ClNO3. The minimum atomic E-state index is -0.325. The van der Waals surface area contributed by atoms with Crippen molar-refractivity contribution < 1.29 is 14.6 Å². The number of aryl methyl sites for hydroxylation is 1. The number of rotatable bonds is 2. The summed E-state index contributed by atoms with van der Waals surface area (Å²) in [7, 11) is 0. The van der Waals surface area contributed by atoms with Crippen LogP contribution in [0.1, 0.15) is 35.2 Å². The first-order valence-corrected chi connectivity index (χ1v) is 8.28. The van der Waals surface area contributed by atoms with Gasteiger partial charge in [0, 0.05) is 23.0 Å². The fourth-order valence-electron chi connectivity index (χ4n) is 3.59. The molecule has 3 atom stereocenters.